The Hall–Kier alpha value is -1.17. The number of esters is 1. The van der Waals surface area contributed by atoms with Crippen LogP contribution in [0.4, 0.5) is 0 Å². The molecular weight excluding hydrogens is 332 g/mol. The Balaban J connectivity index is 3.76. The molecule has 0 aromatic rings. The first-order chi connectivity index (χ1) is 12.7. The second kappa shape index (κ2) is 20.1. The number of carbonyl (C=O) groups is 1. The van der Waals surface area contributed by atoms with E-state index in [-0.39, 0.29) is 18.9 Å². The van der Waals surface area contributed by atoms with Gasteiger partial charge in [0.05, 0.1) is 7.11 Å². The molecule has 5 heteroatoms. The molecule has 0 aromatic heterocycles. The quantitative estimate of drug-likeness (QED) is 0.0796. The Bertz CT molecular complexity index is 355. The summed E-state index contributed by atoms with van der Waals surface area (Å²) in [5.41, 5.74) is 0. The van der Waals surface area contributed by atoms with E-state index in [9.17, 15) is 4.79 Å². The van der Waals surface area contributed by atoms with Crippen LogP contribution < -0.4 is 0 Å². The average molecular weight is 371 g/mol. The van der Waals surface area contributed by atoms with Crippen LogP contribution in [-0.4, -0.2) is 33.1 Å². The van der Waals surface area contributed by atoms with Crippen LogP contribution in [0.3, 0.4) is 0 Å². The zero-order chi connectivity index (χ0) is 19.3. The van der Waals surface area contributed by atoms with Gasteiger partial charge in [-0.15, -0.1) is 0 Å². The lowest BCUT2D eigenvalue weighted by Crippen LogP contribution is -2.11. The van der Waals surface area contributed by atoms with E-state index in [4.69, 9.17) is 14.5 Å². The van der Waals surface area contributed by atoms with Gasteiger partial charge in [0, 0.05) is 13.5 Å². The molecule has 152 valence electrons. The summed E-state index contributed by atoms with van der Waals surface area (Å²) in [4.78, 5) is 21.4. The minimum atomic E-state index is -0.107. The van der Waals surface area contributed by atoms with Crippen LogP contribution in [0, 0.1) is 0 Å². The van der Waals surface area contributed by atoms with Crippen LogP contribution in [0.25, 0.3) is 0 Å². The summed E-state index contributed by atoms with van der Waals surface area (Å²) >= 11 is 0. The van der Waals surface area contributed by atoms with Crippen molar-refractivity contribution < 1.29 is 24.0 Å². The number of allylic oxidation sites excluding steroid dienone is 3. The summed E-state index contributed by atoms with van der Waals surface area (Å²) in [6, 6.07) is 0. The minimum Gasteiger partial charge on any atom is -0.469 e. The molecule has 0 aromatic carbocycles. The fourth-order valence-electron chi connectivity index (χ4n) is 2.46. The van der Waals surface area contributed by atoms with E-state index in [1.54, 1.807) is 7.11 Å². The lowest BCUT2D eigenvalue weighted by molar-refractivity contribution is -0.349. The van der Waals surface area contributed by atoms with Gasteiger partial charge in [-0.3, -0.25) is 4.79 Å². The SMILES string of the molecule is CCCCCC(/C=C/C=C\CCCCCCCC(=O)OC)OOCOC. The lowest BCUT2D eigenvalue weighted by atomic mass is 10.1. The predicted molar refractivity (Wildman–Crippen MR) is 105 cm³/mol. The number of ether oxygens (including phenoxy) is 2. The van der Waals surface area contributed by atoms with E-state index >= 15 is 0 Å². The van der Waals surface area contributed by atoms with Gasteiger partial charge in [-0.2, -0.15) is 0 Å². The van der Waals surface area contributed by atoms with Crippen LogP contribution in [0.15, 0.2) is 24.3 Å². The normalized spacial score (nSPS) is 12.9. The van der Waals surface area contributed by atoms with E-state index in [1.165, 1.54) is 39.2 Å². The van der Waals surface area contributed by atoms with E-state index in [0.29, 0.717) is 6.42 Å². The molecule has 0 radical (unpaired) electrons. The largest absolute Gasteiger partial charge is 0.469 e. The van der Waals surface area contributed by atoms with Crippen LogP contribution in [-0.2, 0) is 24.0 Å². The molecule has 0 heterocycles. The number of rotatable bonds is 18. The molecule has 0 fully saturated rings. The second-order valence-electron chi connectivity index (χ2n) is 6.35. The zero-order valence-corrected chi connectivity index (χ0v) is 16.9. The highest BCUT2D eigenvalue weighted by Crippen LogP contribution is 2.10. The second-order valence-corrected chi connectivity index (χ2v) is 6.35. The molecule has 1 unspecified atom stereocenters. The molecule has 0 rings (SSSR count). The summed E-state index contributed by atoms with van der Waals surface area (Å²) in [6.45, 7) is 2.34. The van der Waals surface area contributed by atoms with E-state index in [1.807, 2.05) is 12.2 Å². The lowest BCUT2D eigenvalue weighted by Gasteiger charge is -2.12. The Morgan fingerprint density at radius 1 is 0.962 bits per heavy atom. The molecule has 0 saturated heterocycles. The third-order valence-electron chi connectivity index (χ3n) is 4.00. The molecule has 0 amide bonds. The van der Waals surface area contributed by atoms with Crippen molar-refractivity contribution in [2.45, 2.75) is 83.7 Å². The van der Waals surface area contributed by atoms with Gasteiger partial charge >= 0.3 is 5.97 Å². The summed E-state index contributed by atoms with van der Waals surface area (Å²) < 4.78 is 9.46. The van der Waals surface area contributed by atoms with Crippen molar-refractivity contribution in [3.63, 3.8) is 0 Å². The maximum absolute atomic E-state index is 11.0. The monoisotopic (exact) mass is 370 g/mol. The maximum atomic E-state index is 11.0. The first-order valence-electron chi connectivity index (χ1n) is 9.91. The van der Waals surface area contributed by atoms with Crippen molar-refractivity contribution in [2.24, 2.45) is 0 Å². The first-order valence-corrected chi connectivity index (χ1v) is 9.91. The van der Waals surface area contributed by atoms with Crippen molar-refractivity contribution in [3.05, 3.63) is 24.3 Å². The van der Waals surface area contributed by atoms with Crippen molar-refractivity contribution in [3.8, 4) is 0 Å². The zero-order valence-electron chi connectivity index (χ0n) is 16.9. The fourth-order valence-corrected chi connectivity index (χ4v) is 2.46. The molecule has 1 atom stereocenters. The number of carbonyl (C=O) groups excluding carboxylic acids is 1. The van der Waals surface area contributed by atoms with E-state index in [0.717, 1.165) is 32.1 Å². The third kappa shape index (κ3) is 17.6. The van der Waals surface area contributed by atoms with Gasteiger partial charge in [0.1, 0.15) is 6.10 Å². The number of unbranched alkanes of at least 4 members (excludes halogenated alkanes) is 7. The van der Waals surface area contributed by atoms with Gasteiger partial charge < -0.3 is 9.47 Å². The Morgan fingerprint density at radius 3 is 2.46 bits per heavy atom. The molecular formula is C21H38O5. The molecule has 0 saturated carbocycles. The number of hydrogen-bond donors (Lipinski definition) is 0. The Morgan fingerprint density at radius 2 is 1.73 bits per heavy atom. The standard InChI is InChI=1S/C21H38O5/c1-4-5-13-16-20(26-25-19-23-2)17-14-11-9-7-6-8-10-12-15-18-21(22)24-3/h9,11,14,17,20H,4-8,10,12-13,15-16,18-19H2,1-3H3/b11-9-,17-14+. The van der Waals surface area contributed by atoms with Gasteiger partial charge in [-0.25, -0.2) is 9.78 Å². The smallest absolute Gasteiger partial charge is 0.305 e. The summed E-state index contributed by atoms with van der Waals surface area (Å²) in [7, 11) is 3.02. The average Bonchev–Trinajstić information content (AvgIpc) is 2.65. The summed E-state index contributed by atoms with van der Waals surface area (Å²) in [5, 5.41) is 0. The van der Waals surface area contributed by atoms with Crippen LogP contribution in [0.5, 0.6) is 0 Å². The summed E-state index contributed by atoms with van der Waals surface area (Å²) in [6.07, 6.45) is 19.9. The van der Waals surface area contributed by atoms with Gasteiger partial charge in [-0.05, 0) is 25.7 Å². The van der Waals surface area contributed by atoms with Crippen molar-refractivity contribution in [1.29, 1.82) is 0 Å². The summed E-state index contributed by atoms with van der Waals surface area (Å²) in [5.74, 6) is -0.107. The van der Waals surface area contributed by atoms with Gasteiger partial charge in [0.15, 0.2) is 6.79 Å². The molecule has 0 aliphatic rings. The molecule has 5 nitrogen and oxygen atoms in total. The predicted octanol–water partition coefficient (Wildman–Crippen LogP) is 5.50. The van der Waals surface area contributed by atoms with Crippen molar-refractivity contribution >= 4 is 5.97 Å². The molecule has 0 aliphatic heterocycles. The van der Waals surface area contributed by atoms with Gasteiger partial charge in [-0.1, -0.05) is 69.8 Å². The molecule has 0 aliphatic carbocycles. The third-order valence-corrected chi connectivity index (χ3v) is 4.00. The first kappa shape index (κ1) is 24.8. The highest BCUT2D eigenvalue weighted by atomic mass is 17.2. The topological polar surface area (TPSA) is 54.0 Å². The van der Waals surface area contributed by atoms with Crippen LogP contribution in [0.1, 0.15) is 77.6 Å². The number of methoxy groups -OCH3 is 2. The Labute approximate surface area is 159 Å². The highest BCUT2D eigenvalue weighted by molar-refractivity contribution is 5.68. The molecule has 0 spiro atoms. The molecule has 0 bridgehead atoms. The molecule has 0 N–H and O–H groups in total. The highest BCUT2D eigenvalue weighted by Gasteiger charge is 2.05. The minimum absolute atomic E-state index is 0.0313. The van der Waals surface area contributed by atoms with Crippen LogP contribution >= 0.6 is 0 Å². The maximum Gasteiger partial charge on any atom is 0.305 e. The molecule has 26 heavy (non-hydrogen) atoms. The van der Waals surface area contributed by atoms with Crippen molar-refractivity contribution in [2.75, 3.05) is 21.0 Å². The van der Waals surface area contributed by atoms with Crippen LogP contribution in [0.2, 0.25) is 0 Å². The van der Waals surface area contributed by atoms with E-state index in [2.05, 4.69) is 23.8 Å². The van der Waals surface area contributed by atoms with Crippen molar-refractivity contribution in [1.82, 2.24) is 0 Å². The fraction of sp³-hybridized carbons (Fsp3) is 0.762. The van der Waals surface area contributed by atoms with Gasteiger partial charge in [0.2, 0.25) is 0 Å². The van der Waals surface area contributed by atoms with Gasteiger partial charge in [0.25, 0.3) is 0 Å². The van der Waals surface area contributed by atoms with E-state index < -0.39 is 0 Å². The number of hydrogen-bond acceptors (Lipinski definition) is 5. The Kier molecular flexibility index (Phi) is 19.2.